The lowest BCUT2D eigenvalue weighted by molar-refractivity contribution is -0.118. The van der Waals surface area contributed by atoms with Gasteiger partial charge >= 0.3 is 0 Å². The summed E-state index contributed by atoms with van der Waals surface area (Å²) in [5.41, 5.74) is 7.61. The zero-order valence-electron chi connectivity index (χ0n) is 15.8. The molecular formula is C19H26N4O3S. The van der Waals surface area contributed by atoms with Gasteiger partial charge in [-0.3, -0.25) is 4.79 Å². The van der Waals surface area contributed by atoms with E-state index in [2.05, 4.69) is 27.8 Å². The second kappa shape index (κ2) is 9.23. The van der Waals surface area contributed by atoms with Gasteiger partial charge in [-0.05, 0) is 25.8 Å². The van der Waals surface area contributed by atoms with E-state index in [1.54, 1.807) is 18.9 Å². The molecule has 0 radical (unpaired) electrons. The van der Waals surface area contributed by atoms with Crippen molar-refractivity contribution in [3.05, 3.63) is 35.2 Å². The van der Waals surface area contributed by atoms with Gasteiger partial charge in [0.05, 0.1) is 19.8 Å². The van der Waals surface area contributed by atoms with Gasteiger partial charge in [-0.25, -0.2) is 0 Å². The fourth-order valence-electron chi connectivity index (χ4n) is 3.18. The first-order chi connectivity index (χ1) is 13.1. The molecule has 2 N–H and O–H groups in total. The van der Waals surface area contributed by atoms with E-state index in [0.717, 1.165) is 47.5 Å². The lowest BCUT2D eigenvalue weighted by Crippen LogP contribution is -2.19. The van der Waals surface area contributed by atoms with Gasteiger partial charge in [-0.2, -0.15) is 0 Å². The number of nitrogens with zero attached hydrogens (tertiary/aromatic N) is 3. The van der Waals surface area contributed by atoms with Crippen LogP contribution in [0.15, 0.2) is 23.4 Å². The van der Waals surface area contributed by atoms with Crippen LogP contribution < -0.4 is 10.5 Å². The maximum Gasteiger partial charge on any atom is 0.217 e. The van der Waals surface area contributed by atoms with Crippen LogP contribution in [0.3, 0.4) is 0 Å². The molecule has 1 unspecified atom stereocenters. The summed E-state index contributed by atoms with van der Waals surface area (Å²) in [6.45, 7) is 3.57. The summed E-state index contributed by atoms with van der Waals surface area (Å²) in [6.07, 6.45) is 3.03. The predicted octanol–water partition coefficient (Wildman–Crippen LogP) is 2.48. The van der Waals surface area contributed by atoms with Crippen LogP contribution in [0.25, 0.3) is 0 Å². The number of amides is 1. The number of thioether (sulfide) groups is 1. The lowest BCUT2D eigenvalue weighted by Gasteiger charge is -2.15. The third-order valence-electron chi connectivity index (χ3n) is 4.59. The third-order valence-corrected chi connectivity index (χ3v) is 5.61. The Morgan fingerprint density at radius 2 is 2.30 bits per heavy atom. The summed E-state index contributed by atoms with van der Waals surface area (Å²) < 4.78 is 13.3. The van der Waals surface area contributed by atoms with Crippen LogP contribution >= 0.6 is 11.8 Å². The maximum absolute atomic E-state index is 11.2. The van der Waals surface area contributed by atoms with Crippen molar-refractivity contribution in [3.63, 3.8) is 0 Å². The molecule has 1 atom stereocenters. The summed E-state index contributed by atoms with van der Waals surface area (Å²) >= 11 is 1.61. The Kier molecular flexibility index (Phi) is 6.73. The molecule has 1 saturated heterocycles. The van der Waals surface area contributed by atoms with Crippen LogP contribution in [0, 0.1) is 6.92 Å². The highest BCUT2D eigenvalue weighted by molar-refractivity contribution is 7.98. The summed E-state index contributed by atoms with van der Waals surface area (Å²) in [5, 5.41) is 9.48. The van der Waals surface area contributed by atoms with Gasteiger partial charge in [0.2, 0.25) is 5.91 Å². The van der Waals surface area contributed by atoms with Crippen LogP contribution in [-0.2, 0) is 28.2 Å². The highest BCUT2D eigenvalue weighted by Gasteiger charge is 2.21. The standard InChI is InChI=1S/C19H26N4O3S/c1-13-5-6-16(25-2)14(10-13)12-27-19-22-21-18(8-7-17(20)24)23(19)11-15-4-3-9-26-15/h5-6,10,15H,3-4,7-9,11-12H2,1-2H3,(H2,20,24). The second-order valence-corrected chi connectivity index (χ2v) is 7.66. The van der Waals surface area contributed by atoms with E-state index < -0.39 is 0 Å². The topological polar surface area (TPSA) is 92.3 Å². The van der Waals surface area contributed by atoms with Crippen LogP contribution in [0.4, 0.5) is 0 Å². The van der Waals surface area contributed by atoms with Crippen LogP contribution in [0.5, 0.6) is 5.75 Å². The highest BCUT2D eigenvalue weighted by Crippen LogP contribution is 2.29. The molecule has 1 aliphatic rings. The fourth-order valence-corrected chi connectivity index (χ4v) is 4.13. The SMILES string of the molecule is COc1ccc(C)cc1CSc1nnc(CCC(N)=O)n1CC1CCCO1. The molecule has 1 fully saturated rings. The van der Waals surface area contributed by atoms with Crippen molar-refractivity contribution in [2.75, 3.05) is 13.7 Å². The van der Waals surface area contributed by atoms with Gasteiger partial charge < -0.3 is 19.8 Å². The van der Waals surface area contributed by atoms with Crippen molar-refractivity contribution >= 4 is 17.7 Å². The van der Waals surface area contributed by atoms with Crippen LogP contribution in [-0.4, -0.2) is 40.5 Å². The molecule has 8 heteroatoms. The number of hydrogen-bond acceptors (Lipinski definition) is 6. The zero-order chi connectivity index (χ0) is 19.2. The number of carbonyl (C=O) groups is 1. The number of aryl methyl sites for hydroxylation is 2. The minimum atomic E-state index is -0.333. The van der Waals surface area contributed by atoms with Gasteiger partial charge in [0.25, 0.3) is 0 Å². The Balaban J connectivity index is 1.77. The largest absolute Gasteiger partial charge is 0.496 e. The minimum Gasteiger partial charge on any atom is -0.496 e. The van der Waals surface area contributed by atoms with Gasteiger partial charge in [-0.15, -0.1) is 10.2 Å². The number of benzene rings is 1. The van der Waals surface area contributed by atoms with Crippen molar-refractivity contribution < 1.29 is 14.3 Å². The lowest BCUT2D eigenvalue weighted by atomic mass is 10.1. The van der Waals surface area contributed by atoms with Gasteiger partial charge in [0, 0.05) is 30.8 Å². The quantitative estimate of drug-likeness (QED) is 0.661. The van der Waals surface area contributed by atoms with Crippen molar-refractivity contribution in [2.45, 2.75) is 56.2 Å². The molecule has 7 nitrogen and oxygen atoms in total. The Hall–Kier alpha value is -2.06. The molecule has 27 heavy (non-hydrogen) atoms. The Morgan fingerprint density at radius 3 is 3.00 bits per heavy atom. The van der Waals surface area contributed by atoms with Crippen molar-refractivity contribution in [1.82, 2.24) is 14.8 Å². The molecule has 0 bridgehead atoms. The molecule has 0 spiro atoms. The molecule has 1 amide bonds. The first-order valence-corrected chi connectivity index (χ1v) is 10.1. The van der Waals surface area contributed by atoms with Crippen molar-refractivity contribution in [2.24, 2.45) is 5.73 Å². The summed E-state index contributed by atoms with van der Waals surface area (Å²) in [6, 6.07) is 6.15. The number of methoxy groups -OCH3 is 1. The molecular weight excluding hydrogens is 364 g/mol. The summed E-state index contributed by atoms with van der Waals surface area (Å²) in [7, 11) is 1.68. The Morgan fingerprint density at radius 1 is 1.44 bits per heavy atom. The fraction of sp³-hybridized carbons (Fsp3) is 0.526. The van der Waals surface area contributed by atoms with E-state index in [0.29, 0.717) is 13.0 Å². The van der Waals surface area contributed by atoms with Crippen molar-refractivity contribution in [3.8, 4) is 5.75 Å². The van der Waals surface area contributed by atoms with Crippen LogP contribution in [0.1, 0.15) is 36.2 Å². The average molecular weight is 391 g/mol. The van der Waals surface area contributed by atoms with Gasteiger partial charge in [0.15, 0.2) is 5.16 Å². The summed E-state index contributed by atoms with van der Waals surface area (Å²) in [4.78, 5) is 11.2. The molecule has 0 aliphatic carbocycles. The molecule has 1 aliphatic heterocycles. The molecule has 2 heterocycles. The van der Waals surface area contributed by atoms with E-state index in [1.807, 2.05) is 12.1 Å². The number of nitrogens with two attached hydrogens (primary N) is 1. The van der Waals surface area contributed by atoms with Crippen LogP contribution in [0.2, 0.25) is 0 Å². The number of ether oxygens (including phenoxy) is 2. The third kappa shape index (κ3) is 5.23. The number of rotatable bonds is 9. The average Bonchev–Trinajstić information content (AvgIpc) is 3.29. The van der Waals surface area contributed by atoms with Gasteiger partial charge in [-0.1, -0.05) is 29.5 Å². The number of primary amides is 1. The van der Waals surface area contributed by atoms with E-state index >= 15 is 0 Å². The second-order valence-electron chi connectivity index (χ2n) is 6.71. The monoisotopic (exact) mass is 390 g/mol. The molecule has 1 aromatic carbocycles. The van der Waals surface area contributed by atoms with Crippen molar-refractivity contribution in [1.29, 1.82) is 0 Å². The zero-order valence-corrected chi connectivity index (χ0v) is 16.6. The van der Waals surface area contributed by atoms with E-state index in [-0.39, 0.29) is 18.4 Å². The molecule has 1 aromatic heterocycles. The molecule has 2 aromatic rings. The maximum atomic E-state index is 11.2. The normalized spacial score (nSPS) is 16.6. The highest BCUT2D eigenvalue weighted by atomic mass is 32.2. The van der Waals surface area contributed by atoms with E-state index in [9.17, 15) is 4.79 Å². The molecule has 146 valence electrons. The number of carbonyl (C=O) groups excluding carboxylic acids is 1. The molecule has 0 saturated carbocycles. The Labute approximate surface area is 163 Å². The van der Waals surface area contributed by atoms with E-state index in [4.69, 9.17) is 15.2 Å². The first kappa shape index (κ1) is 19.7. The molecule has 3 rings (SSSR count). The smallest absolute Gasteiger partial charge is 0.217 e. The van der Waals surface area contributed by atoms with Gasteiger partial charge in [0.1, 0.15) is 11.6 Å². The predicted molar refractivity (Wildman–Crippen MR) is 104 cm³/mol. The number of hydrogen-bond donors (Lipinski definition) is 1. The van der Waals surface area contributed by atoms with E-state index in [1.165, 1.54) is 5.56 Å². The number of aromatic nitrogens is 3. The first-order valence-electron chi connectivity index (χ1n) is 9.15. The Bertz CT molecular complexity index is 787. The summed E-state index contributed by atoms with van der Waals surface area (Å²) in [5.74, 6) is 2.04. The minimum absolute atomic E-state index is 0.168.